The van der Waals surface area contributed by atoms with Gasteiger partial charge >= 0.3 is 0 Å². The van der Waals surface area contributed by atoms with Crippen LogP contribution < -0.4 is 10.6 Å². The van der Waals surface area contributed by atoms with E-state index in [1.807, 2.05) is 24.1 Å². The topological polar surface area (TPSA) is 72.5 Å². The predicted octanol–water partition coefficient (Wildman–Crippen LogP) is 4.35. The number of nitrogens with zero attached hydrogens (tertiary/aromatic N) is 2. The lowest BCUT2D eigenvalue weighted by atomic mass is 10.1. The van der Waals surface area contributed by atoms with Gasteiger partial charge in [0.2, 0.25) is 5.91 Å². The van der Waals surface area contributed by atoms with E-state index in [9.17, 15) is 9.18 Å². The van der Waals surface area contributed by atoms with Crippen LogP contribution in [0.1, 0.15) is 36.5 Å². The number of carbonyl (C=O) groups is 1. The quantitative estimate of drug-likeness (QED) is 0.217. The monoisotopic (exact) mass is 563 g/mol. The number of hydrogen-bond donors (Lipinski definition) is 3. The molecule has 3 aromatic rings. The number of guanidine groups is 1. The SMILES string of the molecule is CCNC(=NCc1ccc(CN2CCCC2=O)cc1)NCCc1c[nH]c2cc(F)ccc12.I. The average molecular weight is 563 g/mol. The van der Waals surface area contributed by atoms with Crippen LogP contribution in [0.2, 0.25) is 0 Å². The molecule has 1 aliphatic rings. The van der Waals surface area contributed by atoms with Gasteiger partial charge < -0.3 is 20.5 Å². The van der Waals surface area contributed by atoms with Crippen LogP contribution in [-0.4, -0.2) is 41.4 Å². The molecule has 176 valence electrons. The van der Waals surface area contributed by atoms with Gasteiger partial charge in [-0.15, -0.1) is 24.0 Å². The number of carbonyl (C=O) groups excluding carboxylic acids is 1. The van der Waals surface area contributed by atoms with E-state index in [2.05, 4.69) is 39.9 Å². The molecule has 1 aliphatic heterocycles. The Hall–Kier alpha value is -2.62. The summed E-state index contributed by atoms with van der Waals surface area (Å²) in [7, 11) is 0. The summed E-state index contributed by atoms with van der Waals surface area (Å²) in [6.07, 6.45) is 4.38. The molecule has 0 saturated carbocycles. The first kappa shape index (κ1) is 25.0. The molecule has 0 radical (unpaired) electrons. The van der Waals surface area contributed by atoms with Gasteiger partial charge in [0, 0.05) is 49.7 Å². The van der Waals surface area contributed by atoms with E-state index in [0.717, 1.165) is 66.0 Å². The second-order valence-corrected chi connectivity index (χ2v) is 8.11. The van der Waals surface area contributed by atoms with E-state index in [1.165, 1.54) is 12.1 Å². The van der Waals surface area contributed by atoms with E-state index in [1.54, 1.807) is 0 Å². The van der Waals surface area contributed by atoms with Crippen molar-refractivity contribution in [2.24, 2.45) is 4.99 Å². The number of H-pyrrole nitrogens is 1. The van der Waals surface area contributed by atoms with Crippen molar-refractivity contribution in [3.8, 4) is 0 Å². The Bertz CT molecular complexity index is 1100. The van der Waals surface area contributed by atoms with Crippen molar-refractivity contribution < 1.29 is 9.18 Å². The highest BCUT2D eigenvalue weighted by molar-refractivity contribution is 14.0. The molecule has 0 aliphatic carbocycles. The molecule has 3 N–H and O–H groups in total. The number of benzene rings is 2. The minimum Gasteiger partial charge on any atom is -0.361 e. The fourth-order valence-corrected chi connectivity index (χ4v) is 4.03. The lowest BCUT2D eigenvalue weighted by Gasteiger charge is -2.15. The molecule has 2 aromatic carbocycles. The number of nitrogens with one attached hydrogen (secondary N) is 3. The highest BCUT2D eigenvalue weighted by Crippen LogP contribution is 2.19. The molecule has 1 saturated heterocycles. The van der Waals surface area contributed by atoms with Crippen molar-refractivity contribution in [3.05, 3.63) is 71.2 Å². The normalized spacial score (nSPS) is 13.9. The van der Waals surface area contributed by atoms with Crippen LogP contribution in [-0.2, 0) is 24.3 Å². The Morgan fingerprint density at radius 2 is 1.94 bits per heavy atom. The molecule has 0 spiro atoms. The Kier molecular flexibility index (Phi) is 9.11. The second kappa shape index (κ2) is 12.0. The molecular weight excluding hydrogens is 532 g/mol. The molecule has 1 fully saturated rings. The van der Waals surface area contributed by atoms with Crippen molar-refractivity contribution in [1.29, 1.82) is 0 Å². The zero-order valence-electron chi connectivity index (χ0n) is 18.9. The number of halogens is 2. The van der Waals surface area contributed by atoms with Crippen LogP contribution >= 0.6 is 24.0 Å². The Morgan fingerprint density at radius 1 is 1.15 bits per heavy atom. The van der Waals surface area contributed by atoms with Crippen LogP contribution in [0.5, 0.6) is 0 Å². The predicted molar refractivity (Wildman–Crippen MR) is 141 cm³/mol. The van der Waals surface area contributed by atoms with E-state index in [-0.39, 0.29) is 35.7 Å². The molecule has 1 amide bonds. The van der Waals surface area contributed by atoms with Gasteiger partial charge in [0.05, 0.1) is 6.54 Å². The molecule has 1 aromatic heterocycles. The molecule has 4 rings (SSSR count). The number of aromatic nitrogens is 1. The standard InChI is InChI=1S/C25H30FN5O.HI/c1-2-27-25(28-12-11-20-16-29-23-14-21(26)9-10-22(20)23)30-15-18-5-7-19(8-6-18)17-31-13-3-4-24(31)32;/h5-10,14,16,29H,2-4,11-13,15,17H2,1H3,(H2,27,28,30);1H. The average Bonchev–Trinajstić information content (AvgIpc) is 3.38. The van der Waals surface area contributed by atoms with Crippen LogP contribution in [0.4, 0.5) is 4.39 Å². The minimum atomic E-state index is -0.233. The Labute approximate surface area is 211 Å². The highest BCUT2D eigenvalue weighted by Gasteiger charge is 2.19. The van der Waals surface area contributed by atoms with Crippen LogP contribution in [0.15, 0.2) is 53.7 Å². The first-order valence-corrected chi connectivity index (χ1v) is 11.3. The largest absolute Gasteiger partial charge is 0.361 e. The van der Waals surface area contributed by atoms with Gasteiger partial charge in [0.15, 0.2) is 5.96 Å². The molecular formula is C25H31FIN5O. The third kappa shape index (κ3) is 6.69. The first-order valence-electron chi connectivity index (χ1n) is 11.3. The van der Waals surface area contributed by atoms with Crippen LogP contribution in [0.25, 0.3) is 10.9 Å². The summed E-state index contributed by atoms with van der Waals surface area (Å²) in [5.41, 5.74) is 4.24. The van der Waals surface area contributed by atoms with Gasteiger partial charge in [0.25, 0.3) is 0 Å². The second-order valence-electron chi connectivity index (χ2n) is 8.11. The van der Waals surface area contributed by atoms with E-state index < -0.39 is 0 Å². The summed E-state index contributed by atoms with van der Waals surface area (Å²) in [5, 5.41) is 7.70. The van der Waals surface area contributed by atoms with Crippen molar-refractivity contribution in [2.75, 3.05) is 19.6 Å². The van der Waals surface area contributed by atoms with Gasteiger partial charge in [-0.05, 0) is 54.7 Å². The van der Waals surface area contributed by atoms with E-state index >= 15 is 0 Å². The Morgan fingerprint density at radius 3 is 2.67 bits per heavy atom. The lowest BCUT2D eigenvalue weighted by Crippen LogP contribution is -2.38. The van der Waals surface area contributed by atoms with E-state index in [0.29, 0.717) is 19.5 Å². The van der Waals surface area contributed by atoms with Gasteiger partial charge in [-0.3, -0.25) is 4.79 Å². The first-order chi connectivity index (χ1) is 15.6. The maximum atomic E-state index is 13.4. The summed E-state index contributed by atoms with van der Waals surface area (Å²) in [4.78, 5) is 21.5. The summed E-state index contributed by atoms with van der Waals surface area (Å²) in [5.74, 6) is 0.785. The van der Waals surface area contributed by atoms with Crippen LogP contribution in [0, 0.1) is 5.82 Å². The summed E-state index contributed by atoms with van der Waals surface area (Å²) in [6.45, 7) is 5.66. The number of aromatic amines is 1. The minimum absolute atomic E-state index is 0. The number of hydrogen-bond acceptors (Lipinski definition) is 2. The molecule has 0 unspecified atom stereocenters. The maximum absolute atomic E-state index is 13.4. The molecule has 0 bridgehead atoms. The smallest absolute Gasteiger partial charge is 0.222 e. The van der Waals surface area contributed by atoms with Gasteiger partial charge in [-0.25, -0.2) is 9.38 Å². The maximum Gasteiger partial charge on any atom is 0.222 e. The third-order valence-corrected chi connectivity index (χ3v) is 5.75. The molecule has 33 heavy (non-hydrogen) atoms. The Balaban J connectivity index is 0.00000306. The number of rotatable bonds is 8. The molecule has 0 atom stereocenters. The molecule has 6 nitrogen and oxygen atoms in total. The van der Waals surface area contributed by atoms with E-state index in [4.69, 9.17) is 4.99 Å². The summed E-state index contributed by atoms with van der Waals surface area (Å²) >= 11 is 0. The van der Waals surface area contributed by atoms with Crippen LogP contribution in [0.3, 0.4) is 0 Å². The van der Waals surface area contributed by atoms with Crippen molar-refractivity contribution in [2.45, 2.75) is 39.3 Å². The molecule has 8 heteroatoms. The zero-order chi connectivity index (χ0) is 22.3. The number of fused-ring (bicyclic) bond motifs is 1. The number of amides is 1. The summed E-state index contributed by atoms with van der Waals surface area (Å²) in [6, 6.07) is 13.1. The number of aliphatic imine (C=N–C) groups is 1. The van der Waals surface area contributed by atoms with Crippen molar-refractivity contribution >= 4 is 46.7 Å². The third-order valence-electron chi connectivity index (χ3n) is 5.75. The lowest BCUT2D eigenvalue weighted by molar-refractivity contribution is -0.128. The zero-order valence-corrected chi connectivity index (χ0v) is 21.2. The van der Waals surface area contributed by atoms with Gasteiger partial charge in [-0.1, -0.05) is 24.3 Å². The summed E-state index contributed by atoms with van der Waals surface area (Å²) < 4.78 is 13.4. The van der Waals surface area contributed by atoms with Gasteiger partial charge in [-0.2, -0.15) is 0 Å². The fraction of sp³-hybridized carbons (Fsp3) is 0.360. The van der Waals surface area contributed by atoms with Gasteiger partial charge in [0.1, 0.15) is 5.82 Å². The fourth-order valence-electron chi connectivity index (χ4n) is 4.03. The van der Waals surface area contributed by atoms with Crippen molar-refractivity contribution in [3.63, 3.8) is 0 Å². The van der Waals surface area contributed by atoms with Crippen molar-refractivity contribution in [1.82, 2.24) is 20.5 Å². The number of likely N-dealkylation sites (tertiary alicyclic amines) is 1. The highest BCUT2D eigenvalue weighted by atomic mass is 127. The molecule has 2 heterocycles.